The molecule has 1 aromatic heterocycles. The number of carbonyl (C=O) groups is 2. The maximum Gasteiger partial charge on any atom is 0.317 e. The highest BCUT2D eigenvalue weighted by molar-refractivity contribution is 5.77. The van der Waals surface area contributed by atoms with Crippen molar-refractivity contribution in [1.82, 2.24) is 15.2 Å². The Hall–Kier alpha value is -2.11. The lowest BCUT2D eigenvalue weighted by Gasteiger charge is -2.23. The molecule has 0 aliphatic heterocycles. The molecule has 1 aliphatic rings. The largest absolute Gasteiger partial charge is 0.481 e. The van der Waals surface area contributed by atoms with Crippen LogP contribution in [0, 0.1) is 12.8 Å². The van der Waals surface area contributed by atoms with Crippen molar-refractivity contribution in [2.45, 2.75) is 38.8 Å². The number of nitrogens with zero attached hydrogens (tertiary/aromatic N) is 2. The highest BCUT2D eigenvalue weighted by Gasteiger charge is 2.34. The number of carboxylic acid groups (broad SMARTS) is 1. The van der Waals surface area contributed by atoms with Crippen molar-refractivity contribution >= 4 is 12.0 Å². The number of hydrogen-bond donors (Lipinski definition) is 2. The molecule has 1 aromatic rings. The second-order valence-electron chi connectivity index (χ2n) is 5.56. The number of aliphatic carboxylic acids is 1. The Morgan fingerprint density at radius 3 is 2.86 bits per heavy atom. The van der Waals surface area contributed by atoms with Crippen molar-refractivity contribution < 1.29 is 14.7 Å². The fourth-order valence-electron chi connectivity index (χ4n) is 2.70. The molecule has 1 fully saturated rings. The van der Waals surface area contributed by atoms with E-state index in [2.05, 4.69) is 10.3 Å². The summed E-state index contributed by atoms with van der Waals surface area (Å²) in [5, 5.41) is 11.9. The summed E-state index contributed by atoms with van der Waals surface area (Å²) >= 11 is 0. The lowest BCUT2D eigenvalue weighted by atomic mass is 10.0. The summed E-state index contributed by atoms with van der Waals surface area (Å²) in [6, 6.07) is 5.15. The van der Waals surface area contributed by atoms with E-state index < -0.39 is 11.9 Å². The summed E-state index contributed by atoms with van der Waals surface area (Å²) in [6.45, 7) is 2.30. The first-order valence-electron chi connectivity index (χ1n) is 7.14. The zero-order valence-corrected chi connectivity index (χ0v) is 12.4. The molecule has 21 heavy (non-hydrogen) atoms. The maximum absolute atomic E-state index is 12.2. The van der Waals surface area contributed by atoms with E-state index in [1.54, 1.807) is 7.05 Å². The summed E-state index contributed by atoms with van der Waals surface area (Å²) in [6.07, 6.45) is 2.19. The van der Waals surface area contributed by atoms with Gasteiger partial charge in [-0.1, -0.05) is 12.5 Å². The van der Waals surface area contributed by atoms with E-state index in [0.717, 1.165) is 24.2 Å². The topological polar surface area (TPSA) is 82.5 Å². The first-order chi connectivity index (χ1) is 9.97. The van der Waals surface area contributed by atoms with Crippen LogP contribution < -0.4 is 5.32 Å². The number of urea groups is 1. The summed E-state index contributed by atoms with van der Waals surface area (Å²) in [5.41, 5.74) is 1.72. The maximum atomic E-state index is 12.2. The van der Waals surface area contributed by atoms with Crippen LogP contribution in [0.2, 0.25) is 0 Å². The van der Waals surface area contributed by atoms with Gasteiger partial charge in [0.25, 0.3) is 0 Å². The van der Waals surface area contributed by atoms with Gasteiger partial charge in [-0.3, -0.25) is 9.78 Å². The fourth-order valence-corrected chi connectivity index (χ4v) is 2.70. The average molecular weight is 291 g/mol. The minimum absolute atomic E-state index is 0.253. The first-order valence-corrected chi connectivity index (χ1v) is 7.14. The second kappa shape index (κ2) is 6.56. The molecule has 6 heteroatoms. The lowest BCUT2D eigenvalue weighted by molar-refractivity contribution is -0.142. The van der Waals surface area contributed by atoms with Crippen molar-refractivity contribution in [3.63, 3.8) is 0 Å². The SMILES string of the molecule is Cc1cccc(CN(C)C(=O)NC2CCCC2C(=O)O)n1. The van der Waals surface area contributed by atoms with Gasteiger partial charge in [0, 0.05) is 18.8 Å². The first kappa shape index (κ1) is 15.3. The number of rotatable bonds is 4. The normalized spacial score (nSPS) is 21.0. The number of carbonyl (C=O) groups excluding carboxylic acids is 1. The molecule has 2 amide bonds. The molecule has 2 atom stereocenters. The van der Waals surface area contributed by atoms with E-state index in [-0.39, 0.29) is 12.1 Å². The molecule has 1 saturated carbocycles. The molecule has 0 bridgehead atoms. The summed E-state index contributed by atoms with van der Waals surface area (Å²) < 4.78 is 0. The van der Waals surface area contributed by atoms with Crippen LogP contribution in [-0.2, 0) is 11.3 Å². The Bertz CT molecular complexity index is 533. The quantitative estimate of drug-likeness (QED) is 0.886. The van der Waals surface area contributed by atoms with E-state index in [1.807, 2.05) is 25.1 Å². The van der Waals surface area contributed by atoms with Crippen LogP contribution >= 0.6 is 0 Å². The van der Waals surface area contributed by atoms with Gasteiger partial charge < -0.3 is 15.3 Å². The zero-order valence-electron chi connectivity index (χ0n) is 12.4. The number of amides is 2. The number of aromatic nitrogens is 1. The fraction of sp³-hybridized carbons (Fsp3) is 0.533. The van der Waals surface area contributed by atoms with Crippen LogP contribution in [-0.4, -0.2) is 40.1 Å². The Kier molecular flexibility index (Phi) is 4.77. The van der Waals surface area contributed by atoms with E-state index >= 15 is 0 Å². The monoisotopic (exact) mass is 291 g/mol. The summed E-state index contributed by atoms with van der Waals surface area (Å²) in [4.78, 5) is 29.1. The van der Waals surface area contributed by atoms with Crippen LogP contribution in [0.1, 0.15) is 30.7 Å². The number of nitrogens with one attached hydrogen (secondary N) is 1. The Morgan fingerprint density at radius 2 is 2.19 bits per heavy atom. The zero-order chi connectivity index (χ0) is 15.4. The predicted molar refractivity (Wildman–Crippen MR) is 77.7 cm³/mol. The molecule has 2 unspecified atom stereocenters. The molecule has 1 heterocycles. The van der Waals surface area contributed by atoms with Crippen molar-refractivity contribution in [3.8, 4) is 0 Å². The van der Waals surface area contributed by atoms with Gasteiger partial charge in [-0.2, -0.15) is 0 Å². The summed E-state index contributed by atoms with van der Waals surface area (Å²) in [7, 11) is 1.68. The van der Waals surface area contributed by atoms with Crippen LogP contribution in [0.4, 0.5) is 4.79 Å². The standard InChI is InChI=1S/C15H21N3O3/c1-10-5-3-6-11(16-10)9-18(2)15(21)17-13-8-4-7-12(13)14(19)20/h3,5-6,12-13H,4,7-9H2,1-2H3,(H,17,21)(H,19,20). The Balaban J connectivity index is 1.92. The predicted octanol–water partition coefficient (Wildman–Crippen LogP) is 1.78. The van der Waals surface area contributed by atoms with Crippen molar-refractivity contribution in [3.05, 3.63) is 29.6 Å². The minimum Gasteiger partial charge on any atom is -0.481 e. The van der Waals surface area contributed by atoms with Crippen LogP contribution in [0.5, 0.6) is 0 Å². The molecule has 0 radical (unpaired) electrons. The molecule has 6 nitrogen and oxygen atoms in total. The molecule has 2 rings (SSSR count). The van der Waals surface area contributed by atoms with Crippen molar-refractivity contribution in [2.75, 3.05) is 7.05 Å². The van der Waals surface area contributed by atoms with Gasteiger partial charge in [0.15, 0.2) is 0 Å². The summed E-state index contributed by atoms with van der Waals surface area (Å²) in [5.74, 6) is -1.31. The van der Waals surface area contributed by atoms with Crippen LogP contribution in [0.25, 0.3) is 0 Å². The molecule has 2 N–H and O–H groups in total. The van der Waals surface area contributed by atoms with Gasteiger partial charge in [-0.15, -0.1) is 0 Å². The van der Waals surface area contributed by atoms with Gasteiger partial charge >= 0.3 is 12.0 Å². The Labute approximate surface area is 124 Å². The third kappa shape index (κ3) is 3.93. The van der Waals surface area contributed by atoms with Crippen molar-refractivity contribution in [2.24, 2.45) is 5.92 Å². The molecule has 0 saturated heterocycles. The second-order valence-corrected chi connectivity index (χ2v) is 5.56. The lowest BCUT2D eigenvalue weighted by Crippen LogP contribution is -2.45. The number of pyridine rings is 1. The highest BCUT2D eigenvalue weighted by atomic mass is 16.4. The minimum atomic E-state index is -0.833. The molecule has 114 valence electrons. The van der Waals surface area contributed by atoms with Crippen LogP contribution in [0.3, 0.4) is 0 Å². The molecule has 0 aromatic carbocycles. The average Bonchev–Trinajstić information content (AvgIpc) is 2.87. The van der Waals surface area contributed by atoms with Crippen molar-refractivity contribution in [1.29, 1.82) is 0 Å². The third-order valence-corrected chi connectivity index (χ3v) is 3.83. The van der Waals surface area contributed by atoms with Gasteiger partial charge in [0.1, 0.15) is 0 Å². The molecular formula is C15H21N3O3. The number of carboxylic acids is 1. The number of hydrogen-bond acceptors (Lipinski definition) is 3. The number of aryl methyl sites for hydroxylation is 1. The Morgan fingerprint density at radius 1 is 1.43 bits per heavy atom. The van der Waals surface area contributed by atoms with Gasteiger partial charge in [-0.25, -0.2) is 4.79 Å². The smallest absolute Gasteiger partial charge is 0.317 e. The van der Waals surface area contributed by atoms with Gasteiger partial charge in [-0.05, 0) is 31.9 Å². The van der Waals surface area contributed by atoms with E-state index in [9.17, 15) is 9.59 Å². The molecule has 0 spiro atoms. The van der Waals surface area contributed by atoms with Gasteiger partial charge in [0.2, 0.25) is 0 Å². The highest BCUT2D eigenvalue weighted by Crippen LogP contribution is 2.25. The molecule has 1 aliphatic carbocycles. The van der Waals surface area contributed by atoms with E-state index in [1.165, 1.54) is 4.90 Å². The third-order valence-electron chi connectivity index (χ3n) is 3.83. The van der Waals surface area contributed by atoms with Crippen LogP contribution in [0.15, 0.2) is 18.2 Å². The van der Waals surface area contributed by atoms with E-state index in [0.29, 0.717) is 13.0 Å². The van der Waals surface area contributed by atoms with Gasteiger partial charge in [0.05, 0.1) is 18.2 Å². The van der Waals surface area contributed by atoms with E-state index in [4.69, 9.17) is 5.11 Å². The molecular weight excluding hydrogens is 270 g/mol.